The molecule has 0 spiro atoms. The minimum atomic E-state index is -0.452. The molecule has 3 aromatic rings. The number of benzene rings is 3. The van der Waals surface area contributed by atoms with E-state index in [9.17, 15) is 9.59 Å². The van der Waals surface area contributed by atoms with Crippen molar-refractivity contribution in [1.29, 1.82) is 0 Å². The second-order valence-corrected chi connectivity index (χ2v) is 7.01. The van der Waals surface area contributed by atoms with Crippen LogP contribution in [0.25, 0.3) is 11.1 Å². The predicted molar refractivity (Wildman–Crippen MR) is 116 cm³/mol. The number of alkyl carbamates (subject to hydrolysis) is 1. The predicted octanol–water partition coefficient (Wildman–Crippen LogP) is 4.78. The zero-order valence-corrected chi connectivity index (χ0v) is 16.4. The molecule has 1 amide bonds. The average molecular weight is 395 g/mol. The van der Waals surface area contributed by atoms with E-state index in [4.69, 9.17) is 4.74 Å². The van der Waals surface area contributed by atoms with Gasteiger partial charge in [-0.2, -0.15) is 0 Å². The third-order valence-corrected chi connectivity index (χ3v) is 5.17. The van der Waals surface area contributed by atoms with E-state index in [-0.39, 0.29) is 12.5 Å². The third kappa shape index (κ3) is 4.11. The van der Waals surface area contributed by atoms with E-state index in [1.165, 1.54) is 22.3 Å². The smallest absolute Gasteiger partial charge is 0.407 e. The van der Waals surface area contributed by atoms with Crippen molar-refractivity contribution in [2.45, 2.75) is 12.3 Å². The van der Waals surface area contributed by atoms with Gasteiger partial charge in [-0.05, 0) is 28.3 Å². The van der Waals surface area contributed by atoms with E-state index < -0.39 is 6.09 Å². The summed E-state index contributed by atoms with van der Waals surface area (Å²) >= 11 is 0. The van der Waals surface area contributed by atoms with Crippen LogP contribution in [0.3, 0.4) is 0 Å². The second kappa shape index (κ2) is 9.11. The molecule has 1 aliphatic carbocycles. The van der Waals surface area contributed by atoms with Gasteiger partial charge in [-0.15, -0.1) is 0 Å². The highest BCUT2D eigenvalue weighted by atomic mass is 16.5. The molecule has 1 N–H and O–H groups in total. The number of carbonyl (C=O) groups excluding carboxylic acids is 2. The molecule has 0 saturated heterocycles. The van der Waals surface area contributed by atoms with E-state index in [2.05, 4.69) is 41.4 Å². The quantitative estimate of drug-likeness (QED) is 0.384. The first-order chi connectivity index (χ1) is 14.8. The third-order valence-electron chi connectivity index (χ3n) is 5.17. The van der Waals surface area contributed by atoms with Gasteiger partial charge in [0.15, 0.2) is 6.29 Å². The van der Waals surface area contributed by atoms with Gasteiger partial charge in [-0.25, -0.2) is 4.79 Å². The zero-order chi connectivity index (χ0) is 20.8. The Bertz CT molecular complexity index is 1090. The van der Waals surface area contributed by atoms with E-state index in [0.29, 0.717) is 24.1 Å². The highest BCUT2D eigenvalue weighted by Crippen LogP contribution is 2.44. The lowest BCUT2D eigenvalue weighted by atomic mass is 9.98. The summed E-state index contributed by atoms with van der Waals surface area (Å²) in [6.45, 7) is 0.672. The Morgan fingerprint density at radius 1 is 0.933 bits per heavy atom. The van der Waals surface area contributed by atoms with Gasteiger partial charge in [0.1, 0.15) is 6.61 Å². The molecular weight excluding hydrogens is 374 g/mol. The summed E-state index contributed by atoms with van der Waals surface area (Å²) in [5, 5.41) is 2.74. The zero-order valence-electron chi connectivity index (χ0n) is 16.4. The van der Waals surface area contributed by atoms with Gasteiger partial charge in [-0.1, -0.05) is 78.6 Å². The lowest BCUT2D eigenvalue weighted by molar-refractivity contribution is 0.112. The fraction of sp³-hybridized carbons (Fsp3) is 0.154. The molecule has 148 valence electrons. The molecule has 0 bridgehead atoms. The van der Waals surface area contributed by atoms with Crippen LogP contribution in [0.4, 0.5) is 4.79 Å². The second-order valence-electron chi connectivity index (χ2n) is 7.01. The van der Waals surface area contributed by atoms with Crippen LogP contribution in [-0.2, 0) is 4.74 Å². The molecule has 0 saturated carbocycles. The maximum absolute atomic E-state index is 12.1. The van der Waals surface area contributed by atoms with Crippen LogP contribution < -0.4 is 5.32 Å². The number of rotatable bonds is 5. The van der Waals surface area contributed by atoms with Crippen molar-refractivity contribution in [3.63, 3.8) is 0 Å². The van der Waals surface area contributed by atoms with Crippen molar-refractivity contribution >= 4 is 12.4 Å². The fourth-order valence-corrected chi connectivity index (χ4v) is 3.75. The maximum Gasteiger partial charge on any atom is 0.407 e. The number of hydrogen-bond acceptors (Lipinski definition) is 3. The molecule has 0 heterocycles. The first-order valence-corrected chi connectivity index (χ1v) is 9.90. The van der Waals surface area contributed by atoms with Gasteiger partial charge in [-0.3, -0.25) is 4.79 Å². The van der Waals surface area contributed by atoms with Crippen LogP contribution in [0, 0.1) is 11.8 Å². The van der Waals surface area contributed by atoms with Crippen LogP contribution in [0.15, 0.2) is 72.8 Å². The largest absolute Gasteiger partial charge is 0.449 e. The molecule has 4 heteroatoms. The normalized spacial score (nSPS) is 11.6. The van der Waals surface area contributed by atoms with Gasteiger partial charge in [0.25, 0.3) is 0 Å². The number of ether oxygens (including phenoxy) is 1. The Labute approximate surface area is 175 Å². The van der Waals surface area contributed by atoms with E-state index in [1.807, 2.05) is 30.3 Å². The minimum Gasteiger partial charge on any atom is -0.449 e. The number of aldehydes is 1. The monoisotopic (exact) mass is 395 g/mol. The van der Waals surface area contributed by atoms with Crippen LogP contribution >= 0.6 is 0 Å². The van der Waals surface area contributed by atoms with Crippen LogP contribution in [0.5, 0.6) is 0 Å². The summed E-state index contributed by atoms with van der Waals surface area (Å²) in [4.78, 5) is 23.1. The van der Waals surface area contributed by atoms with E-state index in [0.717, 1.165) is 6.29 Å². The Hall–Kier alpha value is -3.84. The summed E-state index contributed by atoms with van der Waals surface area (Å²) in [5.41, 5.74) is 6.03. The van der Waals surface area contributed by atoms with Crippen LogP contribution in [0.1, 0.15) is 39.4 Å². The number of amides is 1. The van der Waals surface area contributed by atoms with Crippen molar-refractivity contribution in [1.82, 2.24) is 5.32 Å². The first-order valence-electron chi connectivity index (χ1n) is 9.90. The number of nitrogens with one attached hydrogen (secondary N) is 1. The molecular formula is C26H21NO3. The summed E-state index contributed by atoms with van der Waals surface area (Å²) < 4.78 is 5.50. The van der Waals surface area contributed by atoms with Gasteiger partial charge < -0.3 is 10.1 Å². The average Bonchev–Trinajstić information content (AvgIpc) is 3.11. The van der Waals surface area contributed by atoms with Gasteiger partial charge >= 0.3 is 6.09 Å². The molecule has 0 fully saturated rings. The van der Waals surface area contributed by atoms with Crippen molar-refractivity contribution in [3.05, 3.63) is 95.1 Å². The summed E-state index contributed by atoms with van der Waals surface area (Å²) in [6, 6.07) is 23.6. The van der Waals surface area contributed by atoms with Crippen molar-refractivity contribution in [3.8, 4) is 23.0 Å². The molecule has 0 radical (unpaired) electrons. The molecule has 0 aromatic heterocycles. The minimum absolute atomic E-state index is 0.0442. The van der Waals surface area contributed by atoms with Gasteiger partial charge in [0.05, 0.1) is 0 Å². The molecule has 0 unspecified atom stereocenters. The Balaban J connectivity index is 1.30. The maximum atomic E-state index is 12.1. The number of hydrogen-bond donors (Lipinski definition) is 1. The molecule has 30 heavy (non-hydrogen) atoms. The summed E-state index contributed by atoms with van der Waals surface area (Å²) in [6.07, 6.45) is 0.808. The highest BCUT2D eigenvalue weighted by molar-refractivity contribution is 5.80. The van der Waals surface area contributed by atoms with Crippen molar-refractivity contribution in [2.75, 3.05) is 13.2 Å². The van der Waals surface area contributed by atoms with Crippen LogP contribution in [0.2, 0.25) is 0 Å². The highest BCUT2D eigenvalue weighted by Gasteiger charge is 2.28. The van der Waals surface area contributed by atoms with Gasteiger partial charge in [0, 0.05) is 30.0 Å². The number of carbonyl (C=O) groups is 2. The lowest BCUT2D eigenvalue weighted by Crippen LogP contribution is -2.26. The Morgan fingerprint density at radius 3 is 2.27 bits per heavy atom. The molecule has 0 atom stereocenters. The topological polar surface area (TPSA) is 55.4 Å². The van der Waals surface area contributed by atoms with E-state index >= 15 is 0 Å². The van der Waals surface area contributed by atoms with E-state index in [1.54, 1.807) is 18.2 Å². The Morgan fingerprint density at radius 2 is 1.57 bits per heavy atom. The summed E-state index contributed by atoms with van der Waals surface area (Å²) in [5.74, 6) is 5.98. The molecule has 3 aromatic carbocycles. The summed E-state index contributed by atoms with van der Waals surface area (Å²) in [7, 11) is 0. The first kappa shape index (κ1) is 19.5. The molecule has 1 aliphatic rings. The molecule has 4 nitrogen and oxygen atoms in total. The van der Waals surface area contributed by atoms with Crippen LogP contribution in [-0.4, -0.2) is 25.5 Å². The van der Waals surface area contributed by atoms with Crippen molar-refractivity contribution < 1.29 is 14.3 Å². The lowest BCUT2D eigenvalue weighted by Gasteiger charge is -2.14. The van der Waals surface area contributed by atoms with Gasteiger partial charge in [0.2, 0.25) is 0 Å². The SMILES string of the molecule is O=Cc1ccccc1C#CCCNC(=O)OCC1c2ccccc2-c2ccccc21. The number of fused-ring (bicyclic) bond motifs is 3. The van der Waals surface area contributed by atoms with Crippen molar-refractivity contribution in [2.24, 2.45) is 0 Å². The Kier molecular flexibility index (Phi) is 5.91. The molecule has 0 aliphatic heterocycles. The fourth-order valence-electron chi connectivity index (χ4n) is 3.75. The standard InChI is InChI=1S/C26H21NO3/c28-17-20-11-2-1-9-19(20)10-7-8-16-27-26(29)30-18-25-23-14-5-3-12-21(23)22-13-4-6-15-24(22)25/h1-6,9,11-15,17,25H,8,16,18H2,(H,27,29). The molecule has 4 rings (SSSR count).